The smallest absolute Gasteiger partial charge is 0.191 e. The summed E-state index contributed by atoms with van der Waals surface area (Å²) < 4.78 is 10.8. The van der Waals surface area contributed by atoms with Crippen LogP contribution in [0.5, 0.6) is 0 Å². The summed E-state index contributed by atoms with van der Waals surface area (Å²) in [4.78, 5) is 4.57. The van der Waals surface area contributed by atoms with E-state index in [-0.39, 0.29) is 0 Å². The van der Waals surface area contributed by atoms with E-state index in [1.165, 1.54) is 5.56 Å². The zero-order valence-electron chi connectivity index (χ0n) is 14.0. The summed E-state index contributed by atoms with van der Waals surface area (Å²) in [5.74, 6) is 1.20. The van der Waals surface area contributed by atoms with Gasteiger partial charge in [0.05, 0.1) is 19.8 Å². The molecule has 1 aromatic carbocycles. The number of aliphatic imine (C=N–C) groups is 1. The molecule has 0 radical (unpaired) electrons. The summed E-state index contributed by atoms with van der Waals surface area (Å²) in [6.07, 6.45) is 0. The van der Waals surface area contributed by atoms with Gasteiger partial charge in [0, 0.05) is 26.7 Å². The molecule has 0 aliphatic rings. The van der Waals surface area contributed by atoms with E-state index in [0.29, 0.717) is 25.7 Å². The van der Waals surface area contributed by atoms with Crippen LogP contribution in [0.25, 0.3) is 0 Å². The third-order valence-electron chi connectivity index (χ3n) is 3.02. The van der Waals surface area contributed by atoms with E-state index >= 15 is 0 Å². The second kappa shape index (κ2) is 12.0. The fourth-order valence-electron chi connectivity index (χ4n) is 1.87. The van der Waals surface area contributed by atoms with Crippen molar-refractivity contribution in [1.29, 1.82) is 0 Å². The zero-order chi connectivity index (χ0) is 16.0. The molecule has 0 bridgehead atoms. The number of rotatable bonds is 10. The molecule has 5 heteroatoms. The average molecular weight is 307 g/mol. The molecule has 1 unspecified atom stereocenters. The van der Waals surface area contributed by atoms with Gasteiger partial charge in [-0.3, -0.25) is 4.99 Å². The fraction of sp³-hybridized carbons (Fsp3) is 0.588. The molecule has 0 heterocycles. The van der Waals surface area contributed by atoms with Crippen LogP contribution < -0.4 is 10.6 Å². The number of guanidine groups is 1. The molecule has 124 valence electrons. The summed E-state index contributed by atoms with van der Waals surface area (Å²) >= 11 is 0. The van der Waals surface area contributed by atoms with Crippen molar-refractivity contribution in [2.45, 2.75) is 20.5 Å². The Balaban J connectivity index is 2.25. The van der Waals surface area contributed by atoms with E-state index < -0.39 is 0 Å². The molecule has 5 nitrogen and oxygen atoms in total. The van der Waals surface area contributed by atoms with Crippen LogP contribution in [-0.4, -0.2) is 45.9 Å². The summed E-state index contributed by atoms with van der Waals surface area (Å²) in [6, 6.07) is 10.2. The van der Waals surface area contributed by atoms with Crippen molar-refractivity contribution in [2.24, 2.45) is 10.9 Å². The molecule has 0 aromatic heterocycles. The second-order valence-electron chi connectivity index (χ2n) is 5.25. The molecule has 1 atom stereocenters. The fourth-order valence-corrected chi connectivity index (χ4v) is 1.87. The molecular weight excluding hydrogens is 278 g/mol. The van der Waals surface area contributed by atoms with Crippen molar-refractivity contribution >= 4 is 5.96 Å². The van der Waals surface area contributed by atoms with Crippen LogP contribution in [0.4, 0.5) is 0 Å². The Labute approximate surface area is 134 Å². The minimum absolute atomic E-state index is 0.376. The van der Waals surface area contributed by atoms with Crippen LogP contribution in [0.2, 0.25) is 0 Å². The minimum atomic E-state index is 0.376. The zero-order valence-corrected chi connectivity index (χ0v) is 14.0. The SMILES string of the molecule is CCNC(=NCC(C)COCc1ccccc1)NCCOC. The molecule has 22 heavy (non-hydrogen) atoms. The molecule has 0 saturated carbocycles. The van der Waals surface area contributed by atoms with Crippen LogP contribution in [0.3, 0.4) is 0 Å². The summed E-state index contributed by atoms with van der Waals surface area (Å²) in [5, 5.41) is 6.45. The van der Waals surface area contributed by atoms with Crippen LogP contribution in [0, 0.1) is 5.92 Å². The molecule has 0 fully saturated rings. The highest BCUT2D eigenvalue weighted by Crippen LogP contribution is 2.03. The number of ether oxygens (including phenoxy) is 2. The largest absolute Gasteiger partial charge is 0.383 e. The second-order valence-corrected chi connectivity index (χ2v) is 5.25. The van der Waals surface area contributed by atoms with Gasteiger partial charge < -0.3 is 20.1 Å². The lowest BCUT2D eigenvalue weighted by atomic mass is 10.2. The standard InChI is InChI=1S/C17H29N3O2/c1-4-18-17(19-10-11-21-3)20-12-15(2)13-22-14-16-8-6-5-7-9-16/h5-9,15H,4,10-14H2,1-3H3,(H2,18,19,20). The van der Waals surface area contributed by atoms with Gasteiger partial charge in [-0.15, -0.1) is 0 Å². The number of hydrogen-bond acceptors (Lipinski definition) is 3. The third kappa shape index (κ3) is 8.64. The highest BCUT2D eigenvalue weighted by Gasteiger charge is 2.03. The Hall–Kier alpha value is -1.59. The van der Waals surface area contributed by atoms with Crippen LogP contribution in [-0.2, 0) is 16.1 Å². The van der Waals surface area contributed by atoms with Crippen LogP contribution in [0.15, 0.2) is 35.3 Å². The summed E-state index contributed by atoms with van der Waals surface area (Å²) in [6.45, 7) is 8.56. The minimum Gasteiger partial charge on any atom is -0.383 e. The van der Waals surface area contributed by atoms with Gasteiger partial charge in [0.2, 0.25) is 0 Å². The molecule has 1 rings (SSSR count). The highest BCUT2D eigenvalue weighted by molar-refractivity contribution is 5.79. The molecule has 1 aromatic rings. The first kappa shape index (κ1) is 18.5. The van der Waals surface area contributed by atoms with Crippen LogP contribution in [0.1, 0.15) is 19.4 Å². The Morgan fingerprint density at radius 3 is 2.68 bits per heavy atom. The average Bonchev–Trinajstić information content (AvgIpc) is 2.54. The lowest BCUT2D eigenvalue weighted by Crippen LogP contribution is -2.39. The molecule has 0 saturated heterocycles. The molecule has 0 aliphatic heterocycles. The Morgan fingerprint density at radius 1 is 1.23 bits per heavy atom. The van der Waals surface area contributed by atoms with E-state index in [0.717, 1.165) is 25.6 Å². The van der Waals surface area contributed by atoms with Gasteiger partial charge in [-0.2, -0.15) is 0 Å². The normalized spacial score (nSPS) is 13.0. The van der Waals surface area contributed by atoms with E-state index in [2.05, 4.69) is 41.6 Å². The van der Waals surface area contributed by atoms with E-state index in [4.69, 9.17) is 9.47 Å². The molecule has 0 amide bonds. The first-order valence-corrected chi connectivity index (χ1v) is 7.89. The van der Waals surface area contributed by atoms with E-state index in [9.17, 15) is 0 Å². The molecule has 0 spiro atoms. The number of benzene rings is 1. The van der Waals surface area contributed by atoms with Crippen LogP contribution >= 0.6 is 0 Å². The van der Waals surface area contributed by atoms with Crippen molar-refractivity contribution in [3.8, 4) is 0 Å². The van der Waals surface area contributed by atoms with E-state index in [1.807, 2.05) is 18.2 Å². The number of nitrogens with zero attached hydrogens (tertiary/aromatic N) is 1. The number of nitrogens with one attached hydrogen (secondary N) is 2. The topological polar surface area (TPSA) is 54.9 Å². The first-order valence-electron chi connectivity index (χ1n) is 7.89. The number of hydrogen-bond donors (Lipinski definition) is 2. The van der Waals surface area contributed by atoms with Crippen molar-refractivity contribution in [1.82, 2.24) is 10.6 Å². The lowest BCUT2D eigenvalue weighted by Gasteiger charge is -2.13. The first-order chi connectivity index (χ1) is 10.8. The van der Waals surface area contributed by atoms with Gasteiger partial charge in [0.25, 0.3) is 0 Å². The van der Waals surface area contributed by atoms with Gasteiger partial charge in [0.1, 0.15) is 0 Å². The van der Waals surface area contributed by atoms with Crippen molar-refractivity contribution in [3.63, 3.8) is 0 Å². The number of methoxy groups -OCH3 is 1. The molecule has 2 N–H and O–H groups in total. The van der Waals surface area contributed by atoms with Gasteiger partial charge >= 0.3 is 0 Å². The summed E-state index contributed by atoms with van der Waals surface area (Å²) in [7, 11) is 1.69. The van der Waals surface area contributed by atoms with E-state index in [1.54, 1.807) is 7.11 Å². The molecule has 0 aliphatic carbocycles. The van der Waals surface area contributed by atoms with Crippen molar-refractivity contribution in [2.75, 3.05) is 40.0 Å². The third-order valence-corrected chi connectivity index (χ3v) is 3.02. The van der Waals surface area contributed by atoms with Gasteiger partial charge in [-0.1, -0.05) is 37.3 Å². The van der Waals surface area contributed by atoms with Gasteiger partial charge in [-0.25, -0.2) is 0 Å². The maximum absolute atomic E-state index is 5.74. The van der Waals surface area contributed by atoms with Gasteiger partial charge in [0.15, 0.2) is 5.96 Å². The Kier molecular flexibility index (Phi) is 10.1. The maximum atomic E-state index is 5.74. The predicted molar refractivity (Wildman–Crippen MR) is 91.1 cm³/mol. The Bertz CT molecular complexity index is 410. The van der Waals surface area contributed by atoms with Crippen molar-refractivity contribution < 1.29 is 9.47 Å². The lowest BCUT2D eigenvalue weighted by molar-refractivity contribution is 0.0945. The van der Waals surface area contributed by atoms with Gasteiger partial charge in [-0.05, 0) is 18.4 Å². The Morgan fingerprint density at radius 2 is 2.00 bits per heavy atom. The highest BCUT2D eigenvalue weighted by atomic mass is 16.5. The molecular formula is C17H29N3O2. The summed E-state index contributed by atoms with van der Waals surface area (Å²) in [5.41, 5.74) is 1.20. The maximum Gasteiger partial charge on any atom is 0.191 e. The quantitative estimate of drug-likeness (QED) is 0.394. The predicted octanol–water partition coefficient (Wildman–Crippen LogP) is 2.04. The van der Waals surface area contributed by atoms with Crippen molar-refractivity contribution in [3.05, 3.63) is 35.9 Å². The monoisotopic (exact) mass is 307 g/mol.